The summed E-state index contributed by atoms with van der Waals surface area (Å²) in [6, 6.07) is 9.96. The molecule has 0 radical (unpaired) electrons. The smallest absolute Gasteiger partial charge is 0.231 e. The fourth-order valence-corrected chi connectivity index (χ4v) is 3.90. The lowest BCUT2D eigenvalue weighted by molar-refractivity contribution is 0.174. The van der Waals surface area contributed by atoms with Crippen molar-refractivity contribution in [1.29, 1.82) is 0 Å². The molecular weight excluding hydrogens is 368 g/mol. The van der Waals surface area contributed by atoms with E-state index in [0.29, 0.717) is 16.8 Å². The molecule has 0 aliphatic carbocycles. The van der Waals surface area contributed by atoms with Gasteiger partial charge in [-0.3, -0.25) is 4.90 Å². The van der Waals surface area contributed by atoms with Crippen LogP contribution in [0.15, 0.2) is 30.3 Å². The molecule has 1 unspecified atom stereocenters. The lowest BCUT2D eigenvalue weighted by atomic mass is 10.0. The normalized spacial score (nSPS) is 19.1. The Hall–Kier alpha value is -2.31. The van der Waals surface area contributed by atoms with Crippen molar-refractivity contribution in [2.24, 2.45) is 0 Å². The van der Waals surface area contributed by atoms with Crippen LogP contribution in [0, 0.1) is 0 Å². The van der Waals surface area contributed by atoms with Crippen molar-refractivity contribution in [2.45, 2.75) is 25.4 Å². The van der Waals surface area contributed by atoms with Crippen LogP contribution >= 0.6 is 11.6 Å². The summed E-state index contributed by atoms with van der Waals surface area (Å²) in [7, 11) is 1.53. The maximum absolute atomic E-state index is 9.90. The van der Waals surface area contributed by atoms with Crippen molar-refractivity contribution >= 4 is 17.3 Å². The molecule has 2 aliphatic rings. The summed E-state index contributed by atoms with van der Waals surface area (Å²) in [5, 5.41) is 13.8. The Morgan fingerprint density at radius 1 is 1.26 bits per heavy atom. The highest BCUT2D eigenvalue weighted by Crippen LogP contribution is 2.36. The fraction of sp³-hybridized carbons (Fsp3) is 0.400. The number of phenolic OH excluding ortho intramolecular Hbond substituents is 1. The van der Waals surface area contributed by atoms with Crippen molar-refractivity contribution in [2.75, 3.05) is 32.3 Å². The first-order chi connectivity index (χ1) is 13.1. The minimum atomic E-state index is -0.0103. The van der Waals surface area contributed by atoms with E-state index in [9.17, 15) is 5.11 Å². The highest BCUT2D eigenvalue weighted by Gasteiger charge is 2.22. The van der Waals surface area contributed by atoms with E-state index in [0.717, 1.165) is 55.2 Å². The van der Waals surface area contributed by atoms with E-state index in [1.165, 1.54) is 7.11 Å². The van der Waals surface area contributed by atoms with E-state index >= 15 is 0 Å². The number of fused-ring (bicyclic) bond motifs is 1. The number of nitrogens with zero attached hydrogens (tertiary/aromatic N) is 1. The maximum Gasteiger partial charge on any atom is 0.231 e. The molecule has 4 rings (SSSR count). The van der Waals surface area contributed by atoms with Gasteiger partial charge in [-0.2, -0.15) is 0 Å². The minimum absolute atomic E-state index is 0.0103. The molecule has 0 spiro atoms. The predicted molar refractivity (Wildman–Crippen MR) is 104 cm³/mol. The number of piperidine rings is 1. The van der Waals surface area contributed by atoms with Crippen molar-refractivity contribution in [1.82, 2.24) is 4.90 Å². The first-order valence-corrected chi connectivity index (χ1v) is 9.44. The third-order valence-corrected chi connectivity index (χ3v) is 5.25. The average Bonchev–Trinajstić information content (AvgIpc) is 3.12. The zero-order chi connectivity index (χ0) is 18.8. The summed E-state index contributed by atoms with van der Waals surface area (Å²) >= 11 is 6.11. The molecule has 144 valence electrons. The van der Waals surface area contributed by atoms with Gasteiger partial charge in [0.05, 0.1) is 12.1 Å². The van der Waals surface area contributed by atoms with Crippen molar-refractivity contribution in [3.05, 3.63) is 40.9 Å². The summed E-state index contributed by atoms with van der Waals surface area (Å²) in [6.45, 7) is 3.00. The Kier molecular flexibility index (Phi) is 5.18. The molecule has 2 heterocycles. The average molecular weight is 391 g/mol. The summed E-state index contributed by atoms with van der Waals surface area (Å²) in [6.07, 6.45) is 2.23. The van der Waals surface area contributed by atoms with E-state index in [1.54, 1.807) is 6.07 Å². The van der Waals surface area contributed by atoms with Crippen molar-refractivity contribution in [3.63, 3.8) is 0 Å². The number of rotatable bonds is 5. The monoisotopic (exact) mass is 390 g/mol. The molecule has 27 heavy (non-hydrogen) atoms. The minimum Gasteiger partial charge on any atom is -0.503 e. The van der Waals surface area contributed by atoms with Gasteiger partial charge in [-0.1, -0.05) is 11.6 Å². The third-order valence-electron chi connectivity index (χ3n) is 4.96. The van der Waals surface area contributed by atoms with Gasteiger partial charge in [0.15, 0.2) is 23.0 Å². The second-order valence-electron chi connectivity index (χ2n) is 6.92. The van der Waals surface area contributed by atoms with Gasteiger partial charge in [0.1, 0.15) is 0 Å². The number of ether oxygens (including phenoxy) is 3. The highest BCUT2D eigenvalue weighted by molar-refractivity contribution is 6.32. The van der Waals surface area contributed by atoms with E-state index in [-0.39, 0.29) is 12.5 Å². The molecule has 2 aromatic carbocycles. The van der Waals surface area contributed by atoms with Crippen LogP contribution in [0.25, 0.3) is 0 Å². The van der Waals surface area contributed by atoms with Gasteiger partial charge in [-0.15, -0.1) is 0 Å². The molecule has 0 bridgehead atoms. The van der Waals surface area contributed by atoms with E-state index < -0.39 is 0 Å². The zero-order valence-electron chi connectivity index (χ0n) is 15.2. The van der Waals surface area contributed by atoms with Gasteiger partial charge in [0.25, 0.3) is 0 Å². The lowest BCUT2D eigenvalue weighted by Crippen LogP contribution is -2.41. The first kappa shape index (κ1) is 18.1. The standard InChI is InChI=1S/C20H23ClN2O4/c1-25-19-8-13(7-16(21)20(19)24)10-23-6-2-3-15(11-23)22-14-4-5-17-18(9-14)27-12-26-17/h4-5,7-9,15,22,24H,2-3,6,10-12H2,1H3. The van der Waals surface area contributed by atoms with Gasteiger partial charge >= 0.3 is 0 Å². The molecule has 2 aliphatic heterocycles. The molecule has 1 atom stereocenters. The number of hydrogen-bond acceptors (Lipinski definition) is 6. The summed E-state index contributed by atoms with van der Waals surface area (Å²) < 4.78 is 16.0. The highest BCUT2D eigenvalue weighted by atomic mass is 35.5. The SMILES string of the molecule is COc1cc(CN2CCCC(Nc3ccc4c(c3)OCO4)C2)cc(Cl)c1O. The molecule has 0 saturated carbocycles. The number of hydrogen-bond donors (Lipinski definition) is 2. The fourth-order valence-electron chi connectivity index (χ4n) is 3.67. The van der Waals surface area contributed by atoms with Crippen LogP contribution in [0.3, 0.4) is 0 Å². The summed E-state index contributed by atoms with van der Waals surface area (Å²) in [5.41, 5.74) is 2.07. The van der Waals surface area contributed by atoms with E-state index in [4.69, 9.17) is 25.8 Å². The third kappa shape index (κ3) is 4.01. The number of phenols is 1. The second-order valence-corrected chi connectivity index (χ2v) is 7.32. The van der Waals surface area contributed by atoms with Crippen LogP contribution in [-0.4, -0.2) is 43.0 Å². The van der Waals surface area contributed by atoms with Gasteiger partial charge in [-0.05, 0) is 49.2 Å². The number of nitrogens with one attached hydrogen (secondary N) is 1. The summed E-state index contributed by atoms with van der Waals surface area (Å²) in [5.74, 6) is 1.98. The maximum atomic E-state index is 9.90. The zero-order valence-corrected chi connectivity index (χ0v) is 16.0. The molecular formula is C20H23ClN2O4. The van der Waals surface area contributed by atoms with Crippen LogP contribution in [0.2, 0.25) is 5.02 Å². The Morgan fingerprint density at radius 3 is 2.96 bits per heavy atom. The molecule has 1 fully saturated rings. The Morgan fingerprint density at radius 2 is 2.11 bits per heavy atom. The van der Waals surface area contributed by atoms with Crippen LogP contribution < -0.4 is 19.5 Å². The lowest BCUT2D eigenvalue weighted by Gasteiger charge is -2.33. The van der Waals surface area contributed by atoms with Gasteiger partial charge in [0.2, 0.25) is 6.79 Å². The first-order valence-electron chi connectivity index (χ1n) is 9.06. The van der Waals surface area contributed by atoms with Crippen LogP contribution in [0.4, 0.5) is 5.69 Å². The van der Waals surface area contributed by atoms with E-state index in [1.807, 2.05) is 24.3 Å². The molecule has 7 heteroatoms. The number of anilines is 1. The Balaban J connectivity index is 1.40. The molecule has 2 aromatic rings. The van der Waals surface area contributed by atoms with E-state index in [2.05, 4.69) is 10.2 Å². The van der Waals surface area contributed by atoms with Crippen molar-refractivity contribution < 1.29 is 19.3 Å². The largest absolute Gasteiger partial charge is 0.503 e. The molecule has 6 nitrogen and oxygen atoms in total. The van der Waals surface area contributed by atoms with Gasteiger partial charge < -0.3 is 24.6 Å². The number of halogens is 1. The van der Waals surface area contributed by atoms with Gasteiger partial charge in [0, 0.05) is 30.9 Å². The number of aromatic hydroxyl groups is 1. The van der Waals surface area contributed by atoms with Crippen molar-refractivity contribution in [3.8, 4) is 23.0 Å². The number of likely N-dealkylation sites (tertiary alicyclic amines) is 1. The van der Waals surface area contributed by atoms with Crippen LogP contribution in [0.5, 0.6) is 23.0 Å². The quantitative estimate of drug-likeness (QED) is 0.808. The second kappa shape index (κ2) is 7.74. The molecule has 0 amide bonds. The predicted octanol–water partition coefficient (Wildman–Crippen LogP) is 3.86. The number of benzene rings is 2. The summed E-state index contributed by atoms with van der Waals surface area (Å²) in [4.78, 5) is 2.39. The van der Waals surface area contributed by atoms with Gasteiger partial charge in [-0.25, -0.2) is 0 Å². The van der Waals surface area contributed by atoms with Crippen LogP contribution in [-0.2, 0) is 6.54 Å². The molecule has 2 N–H and O–H groups in total. The van der Waals surface area contributed by atoms with Crippen LogP contribution in [0.1, 0.15) is 18.4 Å². The topological polar surface area (TPSA) is 63.2 Å². The molecule has 0 aromatic heterocycles. The number of methoxy groups -OCH3 is 1. The Labute approximate surface area is 163 Å². The molecule has 1 saturated heterocycles. The Bertz CT molecular complexity index is 830.